The van der Waals surface area contributed by atoms with E-state index in [0.29, 0.717) is 21.6 Å². The van der Waals surface area contributed by atoms with Gasteiger partial charge in [-0.15, -0.1) is 0 Å². The van der Waals surface area contributed by atoms with Crippen LogP contribution >= 0.6 is 23.2 Å². The van der Waals surface area contributed by atoms with Gasteiger partial charge in [-0.2, -0.15) is 0 Å². The molecule has 0 radical (unpaired) electrons. The molecule has 2 aromatic heterocycles. The quantitative estimate of drug-likeness (QED) is 0.733. The van der Waals surface area contributed by atoms with Crippen molar-refractivity contribution in [1.82, 2.24) is 9.38 Å². The highest BCUT2D eigenvalue weighted by Gasteiger charge is 2.14. The van der Waals surface area contributed by atoms with Crippen LogP contribution in [0.5, 0.6) is 0 Å². The molecule has 3 rings (SSSR count). The summed E-state index contributed by atoms with van der Waals surface area (Å²) >= 11 is 12.2. The SMILES string of the molecule is Nc1c(-c2cccc(Cl)c2Cl)nc2ccccn12. The largest absolute Gasteiger partial charge is 0.383 e. The van der Waals surface area contributed by atoms with Gasteiger partial charge in [-0.1, -0.05) is 41.4 Å². The fourth-order valence-electron chi connectivity index (χ4n) is 1.90. The standard InChI is InChI=1S/C13H9Cl2N3/c14-9-5-3-4-8(11(9)15)12-13(16)18-7-2-1-6-10(18)17-12/h1-7H,16H2. The highest BCUT2D eigenvalue weighted by molar-refractivity contribution is 6.43. The van der Waals surface area contributed by atoms with E-state index in [9.17, 15) is 0 Å². The summed E-state index contributed by atoms with van der Waals surface area (Å²) in [5.74, 6) is 0.551. The van der Waals surface area contributed by atoms with Gasteiger partial charge in [0.05, 0.1) is 10.0 Å². The number of halogens is 2. The van der Waals surface area contributed by atoms with Crippen molar-refractivity contribution in [2.45, 2.75) is 0 Å². The number of aromatic nitrogens is 2. The molecule has 5 heteroatoms. The van der Waals surface area contributed by atoms with Gasteiger partial charge in [-0.3, -0.25) is 4.40 Å². The van der Waals surface area contributed by atoms with Crippen molar-refractivity contribution in [2.75, 3.05) is 5.73 Å². The van der Waals surface area contributed by atoms with Gasteiger partial charge in [0.15, 0.2) is 0 Å². The van der Waals surface area contributed by atoms with Crippen LogP contribution in [0.2, 0.25) is 10.0 Å². The Balaban J connectivity index is 2.32. The van der Waals surface area contributed by atoms with Gasteiger partial charge in [0.1, 0.15) is 17.2 Å². The van der Waals surface area contributed by atoms with Crippen molar-refractivity contribution in [1.29, 1.82) is 0 Å². The van der Waals surface area contributed by atoms with Gasteiger partial charge in [0.25, 0.3) is 0 Å². The lowest BCUT2D eigenvalue weighted by molar-refractivity contribution is 1.20. The van der Waals surface area contributed by atoms with E-state index in [1.807, 2.05) is 40.9 Å². The maximum absolute atomic E-state index is 6.19. The molecular formula is C13H9Cl2N3. The maximum Gasteiger partial charge on any atom is 0.139 e. The Morgan fingerprint density at radius 2 is 1.89 bits per heavy atom. The smallest absolute Gasteiger partial charge is 0.139 e. The van der Waals surface area contributed by atoms with Crippen molar-refractivity contribution < 1.29 is 0 Å². The predicted molar refractivity (Wildman–Crippen MR) is 75.1 cm³/mol. The number of nitrogens with two attached hydrogens (primary N) is 1. The second kappa shape index (κ2) is 4.19. The molecule has 18 heavy (non-hydrogen) atoms. The van der Waals surface area contributed by atoms with E-state index in [1.165, 1.54) is 0 Å². The summed E-state index contributed by atoms with van der Waals surface area (Å²) < 4.78 is 1.81. The molecule has 0 aliphatic heterocycles. The van der Waals surface area contributed by atoms with E-state index < -0.39 is 0 Å². The first-order valence-electron chi connectivity index (χ1n) is 5.35. The van der Waals surface area contributed by atoms with Gasteiger partial charge in [-0.25, -0.2) is 4.98 Å². The molecule has 0 aliphatic carbocycles. The highest BCUT2D eigenvalue weighted by atomic mass is 35.5. The zero-order valence-electron chi connectivity index (χ0n) is 9.27. The van der Waals surface area contributed by atoms with Crippen LogP contribution in [0.3, 0.4) is 0 Å². The molecule has 2 N–H and O–H groups in total. The first-order valence-corrected chi connectivity index (χ1v) is 6.11. The van der Waals surface area contributed by atoms with Gasteiger partial charge in [-0.05, 0) is 18.2 Å². The fraction of sp³-hybridized carbons (Fsp3) is 0. The van der Waals surface area contributed by atoms with Crippen LogP contribution in [0.15, 0.2) is 42.6 Å². The van der Waals surface area contributed by atoms with Crippen molar-refractivity contribution in [3.05, 3.63) is 52.6 Å². The number of hydrogen-bond donors (Lipinski definition) is 1. The summed E-state index contributed by atoms with van der Waals surface area (Å²) in [5, 5.41) is 0.958. The van der Waals surface area contributed by atoms with Crippen molar-refractivity contribution in [2.24, 2.45) is 0 Å². The van der Waals surface area contributed by atoms with E-state index in [2.05, 4.69) is 4.98 Å². The topological polar surface area (TPSA) is 43.3 Å². The minimum absolute atomic E-state index is 0.467. The molecule has 0 bridgehead atoms. The Bertz CT molecular complexity index is 734. The average Bonchev–Trinajstić information content (AvgIpc) is 2.71. The average molecular weight is 278 g/mol. The number of fused-ring (bicyclic) bond motifs is 1. The number of nitrogens with zero attached hydrogens (tertiary/aromatic N) is 2. The van der Waals surface area contributed by atoms with Crippen LogP contribution in [-0.4, -0.2) is 9.38 Å². The van der Waals surface area contributed by atoms with E-state index in [1.54, 1.807) is 6.07 Å². The second-order valence-electron chi connectivity index (χ2n) is 3.88. The molecule has 0 atom stereocenters. The molecule has 0 spiro atoms. The Labute approximate surface area is 114 Å². The van der Waals surface area contributed by atoms with Gasteiger partial charge < -0.3 is 5.73 Å². The first kappa shape index (κ1) is 11.4. The second-order valence-corrected chi connectivity index (χ2v) is 4.66. The first-order chi connectivity index (χ1) is 8.68. The van der Waals surface area contributed by atoms with Crippen LogP contribution < -0.4 is 5.73 Å². The third kappa shape index (κ3) is 1.64. The van der Waals surface area contributed by atoms with Crippen LogP contribution in [0.1, 0.15) is 0 Å². The van der Waals surface area contributed by atoms with Crippen molar-refractivity contribution in [3.8, 4) is 11.3 Å². The number of pyridine rings is 1. The summed E-state index contributed by atoms with van der Waals surface area (Å²) in [6.07, 6.45) is 1.86. The molecule has 0 saturated carbocycles. The maximum atomic E-state index is 6.19. The third-order valence-corrected chi connectivity index (χ3v) is 3.59. The highest BCUT2D eigenvalue weighted by Crippen LogP contribution is 2.35. The van der Waals surface area contributed by atoms with E-state index in [-0.39, 0.29) is 0 Å². The molecule has 0 amide bonds. The number of nitrogen functional groups attached to an aromatic ring is 1. The zero-order chi connectivity index (χ0) is 12.7. The van der Waals surface area contributed by atoms with E-state index >= 15 is 0 Å². The predicted octanol–water partition coefficient (Wildman–Crippen LogP) is 3.89. The third-order valence-electron chi connectivity index (χ3n) is 2.77. The van der Waals surface area contributed by atoms with Crippen molar-refractivity contribution >= 4 is 34.7 Å². The van der Waals surface area contributed by atoms with Gasteiger partial charge >= 0.3 is 0 Å². The molecule has 1 aromatic carbocycles. The monoisotopic (exact) mass is 277 g/mol. The minimum atomic E-state index is 0.467. The lowest BCUT2D eigenvalue weighted by atomic mass is 10.1. The molecule has 0 unspecified atom stereocenters. The lowest BCUT2D eigenvalue weighted by Gasteiger charge is -2.03. The zero-order valence-corrected chi connectivity index (χ0v) is 10.8. The molecule has 90 valence electrons. The molecule has 0 saturated heterocycles. The van der Waals surface area contributed by atoms with Gasteiger partial charge in [0.2, 0.25) is 0 Å². The molecule has 2 heterocycles. The number of hydrogen-bond acceptors (Lipinski definition) is 2. The summed E-state index contributed by atoms with van der Waals surface area (Å²) in [5.41, 5.74) is 8.26. The van der Waals surface area contributed by atoms with Gasteiger partial charge in [0, 0.05) is 11.8 Å². The summed E-state index contributed by atoms with van der Waals surface area (Å²) in [6.45, 7) is 0. The fourth-order valence-corrected chi connectivity index (χ4v) is 2.29. The Morgan fingerprint density at radius 1 is 1.06 bits per heavy atom. The minimum Gasteiger partial charge on any atom is -0.383 e. The van der Waals surface area contributed by atoms with Crippen LogP contribution in [0.4, 0.5) is 5.82 Å². The Hall–Kier alpha value is -1.71. The molecule has 0 fully saturated rings. The summed E-state index contributed by atoms with van der Waals surface area (Å²) in [7, 11) is 0. The number of imidazole rings is 1. The van der Waals surface area contributed by atoms with E-state index in [0.717, 1.165) is 11.2 Å². The lowest BCUT2D eigenvalue weighted by Crippen LogP contribution is -1.93. The van der Waals surface area contributed by atoms with Crippen LogP contribution in [0, 0.1) is 0 Å². The molecule has 3 nitrogen and oxygen atoms in total. The summed E-state index contributed by atoms with van der Waals surface area (Å²) in [4.78, 5) is 4.48. The van der Waals surface area contributed by atoms with Crippen LogP contribution in [0.25, 0.3) is 16.9 Å². The molecule has 0 aliphatic rings. The summed E-state index contributed by atoms with van der Waals surface area (Å²) in [6, 6.07) is 11.1. The van der Waals surface area contributed by atoms with Crippen molar-refractivity contribution in [3.63, 3.8) is 0 Å². The molecular weight excluding hydrogens is 269 g/mol. The molecule has 3 aromatic rings. The Morgan fingerprint density at radius 3 is 2.67 bits per heavy atom. The van der Waals surface area contributed by atoms with Crippen LogP contribution in [-0.2, 0) is 0 Å². The Kier molecular flexibility index (Phi) is 2.65. The number of benzene rings is 1. The van der Waals surface area contributed by atoms with E-state index in [4.69, 9.17) is 28.9 Å². The number of rotatable bonds is 1. The number of anilines is 1. The normalized spacial score (nSPS) is 11.0.